The Bertz CT molecular complexity index is 294. The Morgan fingerprint density at radius 2 is 2.00 bits per heavy atom. The number of nitrogens with one attached hydrogen (secondary N) is 3. The van der Waals surface area contributed by atoms with Crippen LogP contribution >= 0.6 is 0 Å². The van der Waals surface area contributed by atoms with E-state index in [1.807, 2.05) is 6.92 Å². The minimum absolute atomic E-state index is 0.172. The molecule has 0 aromatic carbocycles. The molecule has 1 saturated heterocycles. The first-order valence-corrected chi connectivity index (χ1v) is 6.60. The van der Waals surface area contributed by atoms with Crippen LogP contribution in [0.4, 0.5) is 0 Å². The maximum Gasteiger partial charge on any atom is 0.277 e. The van der Waals surface area contributed by atoms with Crippen LogP contribution in [0.15, 0.2) is 0 Å². The fourth-order valence-electron chi connectivity index (χ4n) is 2.05. The van der Waals surface area contributed by atoms with E-state index in [0.717, 1.165) is 19.5 Å². The number of hydrogen-bond donors (Lipinski definition) is 3. The Hall–Kier alpha value is -0.170. The molecule has 6 heteroatoms. The molecule has 82 valence electrons. The summed E-state index contributed by atoms with van der Waals surface area (Å²) in [6.45, 7) is 4.35. The Labute approximate surface area is 84.8 Å². The summed E-state index contributed by atoms with van der Waals surface area (Å²) in [4.78, 5) is 0. The van der Waals surface area contributed by atoms with Crippen molar-refractivity contribution in [3.05, 3.63) is 0 Å². The smallest absolute Gasteiger partial charge is 0.277 e. The molecule has 1 aliphatic heterocycles. The minimum Gasteiger partial charge on any atom is -0.316 e. The second-order valence-electron chi connectivity index (χ2n) is 4.03. The highest BCUT2D eigenvalue weighted by Crippen LogP contribution is 2.41. The number of fused-ring (bicyclic) bond motifs is 1. The Kier molecular flexibility index (Phi) is 2.79. The van der Waals surface area contributed by atoms with Gasteiger partial charge in [0.25, 0.3) is 10.2 Å². The van der Waals surface area contributed by atoms with Gasteiger partial charge in [-0.3, -0.25) is 0 Å². The zero-order valence-corrected chi connectivity index (χ0v) is 9.10. The van der Waals surface area contributed by atoms with Crippen molar-refractivity contribution in [1.82, 2.24) is 14.8 Å². The molecule has 0 aromatic heterocycles. The number of rotatable bonds is 5. The van der Waals surface area contributed by atoms with Crippen LogP contribution in [0.1, 0.15) is 13.3 Å². The lowest BCUT2D eigenvalue weighted by Crippen LogP contribution is -2.40. The second kappa shape index (κ2) is 3.77. The summed E-state index contributed by atoms with van der Waals surface area (Å²) in [7, 11) is -3.25. The molecule has 2 fully saturated rings. The van der Waals surface area contributed by atoms with E-state index in [2.05, 4.69) is 14.8 Å². The first-order valence-electron chi connectivity index (χ1n) is 5.11. The third-order valence-corrected chi connectivity index (χ3v) is 4.09. The summed E-state index contributed by atoms with van der Waals surface area (Å²) in [5.74, 6) is 1.04. The average Bonchev–Trinajstić information content (AvgIpc) is 2.64. The van der Waals surface area contributed by atoms with E-state index in [1.165, 1.54) is 0 Å². The van der Waals surface area contributed by atoms with Crippen molar-refractivity contribution >= 4 is 10.2 Å². The minimum atomic E-state index is -3.25. The maximum atomic E-state index is 11.4. The van der Waals surface area contributed by atoms with Crippen molar-refractivity contribution < 1.29 is 8.42 Å². The SMILES string of the molecule is CCCNS(=O)(=O)NC1C2CNCC21. The molecule has 2 aliphatic rings. The van der Waals surface area contributed by atoms with Crippen molar-refractivity contribution in [3.8, 4) is 0 Å². The van der Waals surface area contributed by atoms with Gasteiger partial charge in [0.2, 0.25) is 0 Å². The van der Waals surface area contributed by atoms with Crippen LogP contribution in [-0.4, -0.2) is 34.1 Å². The van der Waals surface area contributed by atoms with Crippen molar-refractivity contribution in [2.24, 2.45) is 11.8 Å². The molecule has 1 aliphatic carbocycles. The molecule has 0 radical (unpaired) electrons. The quantitative estimate of drug-likeness (QED) is 0.558. The largest absolute Gasteiger partial charge is 0.316 e. The highest BCUT2D eigenvalue weighted by molar-refractivity contribution is 7.87. The Balaban J connectivity index is 1.80. The number of piperidine rings is 1. The van der Waals surface area contributed by atoms with Gasteiger partial charge in [-0.25, -0.2) is 4.72 Å². The summed E-state index contributed by atoms with van der Waals surface area (Å²) in [6.07, 6.45) is 0.819. The van der Waals surface area contributed by atoms with Crippen LogP contribution in [0.5, 0.6) is 0 Å². The van der Waals surface area contributed by atoms with Gasteiger partial charge < -0.3 is 5.32 Å². The maximum absolute atomic E-state index is 11.4. The van der Waals surface area contributed by atoms with Crippen molar-refractivity contribution in [2.75, 3.05) is 19.6 Å². The molecule has 5 nitrogen and oxygen atoms in total. The molecule has 3 N–H and O–H groups in total. The normalized spacial score (nSPS) is 35.6. The second-order valence-corrected chi connectivity index (χ2v) is 5.56. The van der Waals surface area contributed by atoms with Gasteiger partial charge in [0.05, 0.1) is 0 Å². The molecular formula is C8H17N3O2S. The zero-order chi connectivity index (χ0) is 10.2. The van der Waals surface area contributed by atoms with Gasteiger partial charge in [0.1, 0.15) is 0 Å². The third kappa shape index (κ3) is 2.08. The predicted octanol–water partition coefficient (Wildman–Crippen LogP) is -0.962. The molecule has 14 heavy (non-hydrogen) atoms. The fourth-order valence-corrected chi connectivity index (χ4v) is 3.31. The molecule has 2 atom stereocenters. The van der Waals surface area contributed by atoms with Gasteiger partial charge in [0, 0.05) is 12.6 Å². The summed E-state index contributed by atoms with van der Waals surface area (Å²) < 4.78 is 28.1. The molecule has 0 spiro atoms. The number of hydrogen-bond acceptors (Lipinski definition) is 3. The lowest BCUT2D eigenvalue weighted by atomic mass is 10.4. The lowest BCUT2D eigenvalue weighted by molar-refractivity contribution is 0.551. The zero-order valence-electron chi connectivity index (χ0n) is 8.29. The third-order valence-electron chi connectivity index (χ3n) is 2.92. The van der Waals surface area contributed by atoms with E-state index in [4.69, 9.17) is 0 Å². The monoisotopic (exact) mass is 219 g/mol. The highest BCUT2D eigenvalue weighted by Gasteiger charge is 2.54. The topological polar surface area (TPSA) is 70.2 Å². The van der Waals surface area contributed by atoms with Crippen LogP contribution in [0.2, 0.25) is 0 Å². The van der Waals surface area contributed by atoms with Gasteiger partial charge in [-0.2, -0.15) is 13.1 Å². The summed E-state index contributed by atoms with van der Waals surface area (Å²) >= 11 is 0. The van der Waals surface area contributed by atoms with E-state index in [0.29, 0.717) is 18.4 Å². The van der Waals surface area contributed by atoms with E-state index in [1.54, 1.807) is 0 Å². The molecule has 1 saturated carbocycles. The summed E-state index contributed by atoms with van der Waals surface area (Å²) in [5, 5.41) is 3.23. The van der Waals surface area contributed by atoms with Gasteiger partial charge in [-0.1, -0.05) is 6.92 Å². The van der Waals surface area contributed by atoms with Crippen LogP contribution in [0.3, 0.4) is 0 Å². The predicted molar refractivity (Wildman–Crippen MR) is 54.0 cm³/mol. The van der Waals surface area contributed by atoms with Gasteiger partial charge >= 0.3 is 0 Å². The van der Waals surface area contributed by atoms with Crippen molar-refractivity contribution in [1.29, 1.82) is 0 Å². The van der Waals surface area contributed by atoms with E-state index in [-0.39, 0.29) is 6.04 Å². The van der Waals surface area contributed by atoms with E-state index < -0.39 is 10.2 Å². The standard InChI is InChI=1S/C8H17N3O2S/c1-2-3-10-14(12,13)11-8-6-4-9-5-7(6)8/h6-11H,2-5H2,1H3. The molecular weight excluding hydrogens is 202 g/mol. The van der Waals surface area contributed by atoms with Gasteiger partial charge in [0.15, 0.2) is 0 Å². The average molecular weight is 219 g/mol. The highest BCUT2D eigenvalue weighted by atomic mass is 32.2. The van der Waals surface area contributed by atoms with Gasteiger partial charge in [-0.05, 0) is 31.3 Å². The Morgan fingerprint density at radius 3 is 2.57 bits per heavy atom. The van der Waals surface area contributed by atoms with Crippen LogP contribution in [-0.2, 0) is 10.2 Å². The van der Waals surface area contributed by atoms with Crippen molar-refractivity contribution in [3.63, 3.8) is 0 Å². The first kappa shape index (κ1) is 10.4. The van der Waals surface area contributed by atoms with Crippen LogP contribution in [0, 0.1) is 11.8 Å². The molecule has 2 rings (SSSR count). The molecule has 0 aromatic rings. The molecule has 0 bridgehead atoms. The molecule has 1 heterocycles. The fraction of sp³-hybridized carbons (Fsp3) is 1.00. The summed E-state index contributed by atoms with van der Waals surface area (Å²) in [5.41, 5.74) is 0. The van der Waals surface area contributed by atoms with Crippen LogP contribution < -0.4 is 14.8 Å². The summed E-state index contributed by atoms with van der Waals surface area (Å²) in [6, 6.07) is 0.172. The van der Waals surface area contributed by atoms with E-state index in [9.17, 15) is 8.42 Å². The first-order chi connectivity index (χ1) is 6.64. The Morgan fingerprint density at radius 1 is 1.36 bits per heavy atom. The molecule has 2 unspecified atom stereocenters. The van der Waals surface area contributed by atoms with E-state index >= 15 is 0 Å². The molecule has 0 amide bonds. The van der Waals surface area contributed by atoms with Crippen molar-refractivity contribution in [2.45, 2.75) is 19.4 Å². The lowest BCUT2D eigenvalue weighted by Gasteiger charge is -2.08. The van der Waals surface area contributed by atoms with Gasteiger partial charge in [-0.15, -0.1) is 0 Å². The van der Waals surface area contributed by atoms with Crippen LogP contribution in [0.25, 0.3) is 0 Å².